The number of anilines is 1. The van der Waals surface area contributed by atoms with Crippen molar-refractivity contribution in [2.45, 2.75) is 0 Å². The lowest BCUT2D eigenvalue weighted by Crippen LogP contribution is -2.12. The zero-order chi connectivity index (χ0) is 14.0. The van der Waals surface area contributed by atoms with Crippen molar-refractivity contribution in [3.8, 4) is 0 Å². The zero-order valence-corrected chi connectivity index (χ0v) is 10.9. The lowest BCUT2D eigenvalue weighted by Gasteiger charge is -2.07. The van der Waals surface area contributed by atoms with Crippen LogP contribution in [0.1, 0.15) is 10.4 Å². The highest BCUT2D eigenvalue weighted by Gasteiger charge is 2.11. The molecule has 0 saturated heterocycles. The molecule has 0 saturated carbocycles. The van der Waals surface area contributed by atoms with E-state index < -0.39 is 17.5 Å². The number of carbonyl (C=O) groups is 1. The molecule has 2 nitrogen and oxygen atoms in total. The number of rotatable bonds is 2. The third-order valence-electron chi connectivity index (χ3n) is 2.30. The van der Waals surface area contributed by atoms with E-state index in [0.29, 0.717) is 16.8 Å². The summed E-state index contributed by atoms with van der Waals surface area (Å²) in [4.78, 5) is 11.8. The van der Waals surface area contributed by atoms with Crippen LogP contribution in [0.2, 0.25) is 10.0 Å². The van der Waals surface area contributed by atoms with E-state index in [4.69, 9.17) is 23.2 Å². The molecular formula is C13H7Cl2F2NO. The Balaban J connectivity index is 2.25. The van der Waals surface area contributed by atoms with Crippen molar-refractivity contribution in [2.24, 2.45) is 0 Å². The summed E-state index contributed by atoms with van der Waals surface area (Å²) >= 11 is 11.6. The smallest absolute Gasteiger partial charge is 0.255 e. The Morgan fingerprint density at radius 2 is 1.63 bits per heavy atom. The number of hydrogen-bond donors (Lipinski definition) is 1. The van der Waals surface area contributed by atoms with Gasteiger partial charge in [-0.1, -0.05) is 23.2 Å². The number of amides is 1. The number of benzene rings is 2. The quantitative estimate of drug-likeness (QED) is 0.868. The Kier molecular flexibility index (Phi) is 4.02. The summed E-state index contributed by atoms with van der Waals surface area (Å²) in [5, 5.41) is 3.10. The number of halogens is 4. The van der Waals surface area contributed by atoms with E-state index in [1.165, 1.54) is 18.2 Å². The molecule has 0 aromatic heterocycles. The van der Waals surface area contributed by atoms with Crippen LogP contribution in [0.5, 0.6) is 0 Å². The lowest BCUT2D eigenvalue weighted by molar-refractivity contribution is 0.102. The Bertz CT molecular complexity index is 626. The van der Waals surface area contributed by atoms with E-state index in [2.05, 4.69) is 5.32 Å². The van der Waals surface area contributed by atoms with Crippen LogP contribution in [-0.2, 0) is 0 Å². The topological polar surface area (TPSA) is 29.1 Å². The highest BCUT2D eigenvalue weighted by Crippen LogP contribution is 2.25. The molecule has 2 rings (SSSR count). The molecule has 0 aliphatic carbocycles. The molecule has 0 heterocycles. The second kappa shape index (κ2) is 5.55. The van der Waals surface area contributed by atoms with Crippen molar-refractivity contribution in [1.29, 1.82) is 0 Å². The summed E-state index contributed by atoms with van der Waals surface area (Å²) in [5.74, 6) is -2.32. The fourth-order valence-electron chi connectivity index (χ4n) is 1.47. The second-order valence-electron chi connectivity index (χ2n) is 3.74. The monoisotopic (exact) mass is 301 g/mol. The van der Waals surface area contributed by atoms with Gasteiger partial charge < -0.3 is 5.32 Å². The van der Waals surface area contributed by atoms with E-state index in [0.717, 1.165) is 12.1 Å². The predicted octanol–water partition coefficient (Wildman–Crippen LogP) is 4.52. The summed E-state index contributed by atoms with van der Waals surface area (Å²) < 4.78 is 26.0. The number of nitrogens with one attached hydrogen (secondary N) is 1. The SMILES string of the molecule is O=C(Nc1ccc(Cl)cc1Cl)c1cc(F)cc(F)c1. The van der Waals surface area contributed by atoms with Gasteiger partial charge >= 0.3 is 0 Å². The molecule has 98 valence electrons. The minimum atomic E-state index is -0.827. The van der Waals surface area contributed by atoms with Crippen LogP contribution in [0, 0.1) is 11.6 Å². The highest BCUT2D eigenvalue weighted by atomic mass is 35.5. The summed E-state index contributed by atoms with van der Waals surface area (Å²) in [6.45, 7) is 0. The molecule has 2 aromatic carbocycles. The fraction of sp³-hybridized carbons (Fsp3) is 0. The molecule has 19 heavy (non-hydrogen) atoms. The third kappa shape index (κ3) is 3.43. The molecule has 0 radical (unpaired) electrons. The van der Waals surface area contributed by atoms with Crippen LogP contribution in [0.25, 0.3) is 0 Å². The van der Waals surface area contributed by atoms with Crippen LogP contribution in [-0.4, -0.2) is 5.91 Å². The lowest BCUT2D eigenvalue weighted by atomic mass is 10.2. The van der Waals surface area contributed by atoms with Crippen LogP contribution in [0.15, 0.2) is 36.4 Å². The molecule has 0 aliphatic rings. The van der Waals surface area contributed by atoms with Crippen molar-refractivity contribution >= 4 is 34.8 Å². The molecule has 6 heteroatoms. The Hall–Kier alpha value is -1.65. The van der Waals surface area contributed by atoms with Gasteiger partial charge in [-0.3, -0.25) is 4.79 Å². The van der Waals surface area contributed by atoms with Gasteiger partial charge in [-0.25, -0.2) is 8.78 Å². The van der Waals surface area contributed by atoms with Gasteiger partial charge in [0, 0.05) is 16.7 Å². The van der Waals surface area contributed by atoms with Gasteiger partial charge in [-0.15, -0.1) is 0 Å². The van der Waals surface area contributed by atoms with E-state index in [1.807, 2.05) is 0 Å². The Morgan fingerprint density at radius 3 is 2.21 bits per heavy atom. The van der Waals surface area contributed by atoms with Crippen LogP contribution < -0.4 is 5.32 Å². The average molecular weight is 302 g/mol. The van der Waals surface area contributed by atoms with Crippen molar-refractivity contribution in [2.75, 3.05) is 5.32 Å². The molecule has 0 aliphatic heterocycles. The zero-order valence-electron chi connectivity index (χ0n) is 9.38. The van der Waals surface area contributed by atoms with Crippen LogP contribution in [0.3, 0.4) is 0 Å². The predicted molar refractivity (Wildman–Crippen MR) is 70.8 cm³/mol. The standard InChI is InChI=1S/C13H7Cl2F2NO/c14-8-1-2-12(11(15)5-8)18-13(19)7-3-9(16)6-10(17)4-7/h1-6H,(H,18,19). The van der Waals surface area contributed by atoms with Crippen LogP contribution in [0.4, 0.5) is 14.5 Å². The maximum absolute atomic E-state index is 13.0. The van der Waals surface area contributed by atoms with E-state index in [1.54, 1.807) is 0 Å². The van der Waals surface area contributed by atoms with Crippen molar-refractivity contribution in [3.05, 3.63) is 63.6 Å². The summed E-state index contributed by atoms with van der Waals surface area (Å²) in [7, 11) is 0. The molecule has 1 N–H and O–H groups in total. The van der Waals surface area contributed by atoms with Gasteiger partial charge in [-0.05, 0) is 30.3 Å². The maximum atomic E-state index is 13.0. The molecule has 0 unspecified atom stereocenters. The first-order chi connectivity index (χ1) is 8.95. The third-order valence-corrected chi connectivity index (χ3v) is 2.85. The second-order valence-corrected chi connectivity index (χ2v) is 4.58. The van der Waals surface area contributed by atoms with Gasteiger partial charge in [0.05, 0.1) is 10.7 Å². The normalized spacial score (nSPS) is 10.3. The molecule has 0 spiro atoms. The van der Waals surface area contributed by atoms with E-state index in [-0.39, 0.29) is 10.6 Å². The molecule has 0 bridgehead atoms. The van der Waals surface area contributed by atoms with Gasteiger partial charge in [0.2, 0.25) is 0 Å². The van der Waals surface area contributed by atoms with E-state index in [9.17, 15) is 13.6 Å². The van der Waals surface area contributed by atoms with Gasteiger partial charge in [0.15, 0.2) is 0 Å². The van der Waals surface area contributed by atoms with Gasteiger partial charge in [-0.2, -0.15) is 0 Å². The fourth-order valence-corrected chi connectivity index (χ4v) is 1.93. The molecular weight excluding hydrogens is 295 g/mol. The Morgan fingerprint density at radius 1 is 1.00 bits per heavy atom. The number of carbonyl (C=O) groups excluding carboxylic acids is 1. The first kappa shape index (κ1) is 13.8. The molecule has 2 aromatic rings. The van der Waals surface area contributed by atoms with Crippen molar-refractivity contribution in [3.63, 3.8) is 0 Å². The minimum absolute atomic E-state index is 0.136. The summed E-state index contributed by atoms with van der Waals surface area (Å²) in [5.41, 5.74) is 0.171. The summed E-state index contributed by atoms with van der Waals surface area (Å²) in [6, 6.07) is 7.04. The first-order valence-electron chi connectivity index (χ1n) is 5.18. The largest absolute Gasteiger partial charge is 0.321 e. The van der Waals surface area contributed by atoms with Crippen molar-refractivity contribution in [1.82, 2.24) is 0 Å². The first-order valence-corrected chi connectivity index (χ1v) is 5.94. The van der Waals surface area contributed by atoms with Crippen LogP contribution >= 0.6 is 23.2 Å². The number of hydrogen-bond acceptors (Lipinski definition) is 1. The molecule has 0 atom stereocenters. The minimum Gasteiger partial charge on any atom is -0.321 e. The average Bonchev–Trinajstić information content (AvgIpc) is 2.31. The molecule has 1 amide bonds. The summed E-state index contributed by atoms with van der Waals surface area (Å²) in [6.07, 6.45) is 0. The highest BCUT2D eigenvalue weighted by molar-refractivity contribution is 6.36. The Labute approximate surface area is 118 Å². The van der Waals surface area contributed by atoms with Crippen molar-refractivity contribution < 1.29 is 13.6 Å². The van der Waals surface area contributed by atoms with E-state index >= 15 is 0 Å². The maximum Gasteiger partial charge on any atom is 0.255 e. The molecule has 0 fully saturated rings. The van der Waals surface area contributed by atoms with Gasteiger partial charge in [0.25, 0.3) is 5.91 Å². The van der Waals surface area contributed by atoms with Gasteiger partial charge in [0.1, 0.15) is 11.6 Å².